The number of nitrogens with one attached hydrogen (secondary N) is 3. The monoisotopic (exact) mass is 275 g/mol. The van der Waals surface area contributed by atoms with Crippen molar-refractivity contribution in [2.75, 3.05) is 17.2 Å². The molecule has 1 atom stereocenters. The lowest BCUT2D eigenvalue weighted by Gasteiger charge is -2.17. The van der Waals surface area contributed by atoms with E-state index in [2.05, 4.69) is 16.0 Å². The first kappa shape index (κ1) is 14.4. The van der Waals surface area contributed by atoms with Crippen LogP contribution in [0, 0.1) is 6.92 Å². The van der Waals surface area contributed by atoms with Crippen LogP contribution in [-0.2, 0) is 9.59 Å². The molecule has 5 heteroatoms. The molecule has 0 aromatic heterocycles. The summed E-state index contributed by atoms with van der Waals surface area (Å²) in [6.45, 7) is 4.18. The maximum absolute atomic E-state index is 11.9. The second kappa shape index (κ2) is 6.41. The van der Waals surface area contributed by atoms with Crippen LogP contribution in [0.15, 0.2) is 18.2 Å². The predicted molar refractivity (Wildman–Crippen MR) is 79.8 cm³/mol. The van der Waals surface area contributed by atoms with Crippen LogP contribution in [0.25, 0.3) is 0 Å². The molecule has 2 rings (SSSR count). The van der Waals surface area contributed by atoms with Crippen molar-refractivity contribution in [3.63, 3.8) is 0 Å². The Bertz CT molecular complexity index is 514. The van der Waals surface area contributed by atoms with Gasteiger partial charge in [-0.15, -0.1) is 0 Å². The fourth-order valence-corrected chi connectivity index (χ4v) is 2.36. The summed E-state index contributed by atoms with van der Waals surface area (Å²) in [4.78, 5) is 23.0. The summed E-state index contributed by atoms with van der Waals surface area (Å²) in [5.41, 5.74) is 2.67. The van der Waals surface area contributed by atoms with E-state index in [9.17, 15) is 9.59 Å². The molecule has 3 N–H and O–H groups in total. The van der Waals surface area contributed by atoms with Gasteiger partial charge in [0, 0.05) is 24.8 Å². The molecule has 1 saturated heterocycles. The molecule has 1 fully saturated rings. The van der Waals surface area contributed by atoms with Gasteiger partial charge in [-0.2, -0.15) is 0 Å². The highest BCUT2D eigenvalue weighted by molar-refractivity contribution is 5.90. The summed E-state index contributed by atoms with van der Waals surface area (Å²) in [6, 6.07) is 5.51. The number of carbonyl (C=O) groups is 2. The van der Waals surface area contributed by atoms with E-state index in [1.807, 2.05) is 25.1 Å². The maximum Gasteiger partial charge on any atom is 0.242 e. The van der Waals surface area contributed by atoms with Gasteiger partial charge in [-0.05, 0) is 49.9 Å². The molecule has 1 unspecified atom stereocenters. The van der Waals surface area contributed by atoms with Crippen LogP contribution >= 0.6 is 0 Å². The fraction of sp³-hybridized carbons (Fsp3) is 0.467. The molecule has 1 heterocycles. The Morgan fingerprint density at radius 3 is 2.85 bits per heavy atom. The van der Waals surface area contributed by atoms with Crippen LogP contribution in [0.5, 0.6) is 0 Å². The molecule has 2 amide bonds. The first-order chi connectivity index (χ1) is 9.56. The van der Waals surface area contributed by atoms with Crippen LogP contribution in [-0.4, -0.2) is 24.4 Å². The van der Waals surface area contributed by atoms with Gasteiger partial charge >= 0.3 is 0 Å². The van der Waals surface area contributed by atoms with Gasteiger partial charge in [-0.3, -0.25) is 9.59 Å². The van der Waals surface area contributed by atoms with Crippen molar-refractivity contribution in [3.8, 4) is 0 Å². The first-order valence-corrected chi connectivity index (χ1v) is 6.99. The molecule has 20 heavy (non-hydrogen) atoms. The summed E-state index contributed by atoms with van der Waals surface area (Å²) in [5.74, 6) is -0.0250. The Balaban J connectivity index is 2.07. The SMILES string of the molecule is CC(=O)Nc1ccc(NC2CCCCNC2=O)cc1C. The Morgan fingerprint density at radius 1 is 1.35 bits per heavy atom. The Morgan fingerprint density at radius 2 is 2.15 bits per heavy atom. The average molecular weight is 275 g/mol. The van der Waals surface area contributed by atoms with Crippen LogP contribution in [0.4, 0.5) is 11.4 Å². The quantitative estimate of drug-likeness (QED) is 0.790. The van der Waals surface area contributed by atoms with Gasteiger partial charge in [0.1, 0.15) is 6.04 Å². The Kier molecular flexibility index (Phi) is 4.61. The van der Waals surface area contributed by atoms with Crippen LogP contribution in [0.3, 0.4) is 0 Å². The van der Waals surface area contributed by atoms with Crippen molar-refractivity contribution < 1.29 is 9.59 Å². The van der Waals surface area contributed by atoms with Gasteiger partial charge < -0.3 is 16.0 Å². The number of rotatable bonds is 3. The van der Waals surface area contributed by atoms with E-state index in [4.69, 9.17) is 0 Å². The molecule has 5 nitrogen and oxygen atoms in total. The molecule has 1 aromatic rings. The zero-order valence-corrected chi connectivity index (χ0v) is 12.0. The second-order valence-electron chi connectivity index (χ2n) is 5.19. The van der Waals surface area contributed by atoms with E-state index in [1.54, 1.807) is 0 Å². The third kappa shape index (κ3) is 3.73. The molecule has 1 aliphatic rings. The fourth-order valence-electron chi connectivity index (χ4n) is 2.36. The molecule has 1 aromatic carbocycles. The zero-order chi connectivity index (χ0) is 14.5. The number of aryl methyl sites for hydroxylation is 1. The second-order valence-corrected chi connectivity index (χ2v) is 5.19. The standard InChI is InChI=1S/C15H21N3O2/c1-10-9-12(6-7-13(10)17-11(2)19)18-14-5-3-4-8-16-15(14)20/h6-7,9,14,18H,3-5,8H2,1-2H3,(H,16,20)(H,17,19). The molecule has 0 saturated carbocycles. The lowest BCUT2D eigenvalue weighted by atomic mass is 10.1. The van der Waals surface area contributed by atoms with E-state index in [-0.39, 0.29) is 17.9 Å². The van der Waals surface area contributed by atoms with Crippen molar-refractivity contribution in [1.82, 2.24) is 5.32 Å². The van der Waals surface area contributed by atoms with Gasteiger partial charge in [0.2, 0.25) is 11.8 Å². The van der Waals surface area contributed by atoms with E-state index >= 15 is 0 Å². The van der Waals surface area contributed by atoms with Crippen LogP contribution in [0.2, 0.25) is 0 Å². The highest BCUT2D eigenvalue weighted by atomic mass is 16.2. The average Bonchev–Trinajstić information content (AvgIpc) is 2.58. The summed E-state index contributed by atoms with van der Waals surface area (Å²) in [7, 11) is 0. The highest BCUT2D eigenvalue weighted by Crippen LogP contribution is 2.21. The first-order valence-electron chi connectivity index (χ1n) is 6.99. The summed E-state index contributed by atoms with van der Waals surface area (Å²) >= 11 is 0. The number of hydrogen-bond acceptors (Lipinski definition) is 3. The number of anilines is 2. The maximum atomic E-state index is 11.9. The summed E-state index contributed by atoms with van der Waals surface area (Å²) < 4.78 is 0. The molecule has 0 bridgehead atoms. The molecule has 108 valence electrons. The lowest BCUT2D eigenvalue weighted by Crippen LogP contribution is -2.37. The Hall–Kier alpha value is -2.04. The van der Waals surface area contributed by atoms with Gasteiger partial charge in [-0.1, -0.05) is 0 Å². The normalized spacial score (nSPS) is 18.9. The van der Waals surface area contributed by atoms with Gasteiger partial charge in [-0.25, -0.2) is 0 Å². The van der Waals surface area contributed by atoms with Crippen molar-refractivity contribution >= 4 is 23.2 Å². The van der Waals surface area contributed by atoms with E-state index in [1.165, 1.54) is 6.92 Å². The topological polar surface area (TPSA) is 70.2 Å². The van der Waals surface area contributed by atoms with Gasteiger partial charge in [0.05, 0.1) is 0 Å². The third-order valence-electron chi connectivity index (χ3n) is 3.41. The van der Waals surface area contributed by atoms with Crippen molar-refractivity contribution in [2.24, 2.45) is 0 Å². The number of benzene rings is 1. The minimum Gasteiger partial charge on any atom is -0.374 e. The molecule has 0 radical (unpaired) electrons. The minimum atomic E-state index is -0.177. The third-order valence-corrected chi connectivity index (χ3v) is 3.41. The van der Waals surface area contributed by atoms with Gasteiger partial charge in [0.25, 0.3) is 0 Å². The van der Waals surface area contributed by atoms with Crippen molar-refractivity contribution in [1.29, 1.82) is 0 Å². The molecule has 1 aliphatic heterocycles. The number of amides is 2. The van der Waals surface area contributed by atoms with Crippen LogP contribution in [0.1, 0.15) is 31.7 Å². The largest absolute Gasteiger partial charge is 0.374 e. The van der Waals surface area contributed by atoms with E-state index in [0.717, 1.165) is 42.7 Å². The minimum absolute atomic E-state index is 0.0612. The molecular weight excluding hydrogens is 254 g/mol. The predicted octanol–water partition coefficient (Wildman–Crippen LogP) is 2.03. The summed E-state index contributed by atoms with van der Waals surface area (Å²) in [5, 5.41) is 8.95. The smallest absolute Gasteiger partial charge is 0.242 e. The molecule has 0 spiro atoms. The number of carbonyl (C=O) groups excluding carboxylic acids is 2. The van der Waals surface area contributed by atoms with Crippen molar-refractivity contribution in [2.45, 2.75) is 39.2 Å². The van der Waals surface area contributed by atoms with Gasteiger partial charge in [0.15, 0.2) is 0 Å². The lowest BCUT2D eigenvalue weighted by molar-refractivity contribution is -0.121. The van der Waals surface area contributed by atoms with E-state index < -0.39 is 0 Å². The summed E-state index contributed by atoms with van der Waals surface area (Å²) in [6.07, 6.45) is 2.92. The molecule has 0 aliphatic carbocycles. The molecular formula is C15H21N3O2. The van der Waals surface area contributed by atoms with Crippen LogP contribution < -0.4 is 16.0 Å². The van der Waals surface area contributed by atoms with Crippen molar-refractivity contribution in [3.05, 3.63) is 23.8 Å². The Labute approximate surface area is 119 Å². The zero-order valence-electron chi connectivity index (χ0n) is 12.0. The van der Waals surface area contributed by atoms with E-state index in [0.29, 0.717) is 0 Å². The highest BCUT2D eigenvalue weighted by Gasteiger charge is 2.20. The number of hydrogen-bond donors (Lipinski definition) is 3.